The van der Waals surface area contributed by atoms with Crippen molar-refractivity contribution in [3.05, 3.63) is 122 Å². The Morgan fingerprint density at radius 2 is 1.91 bits per heavy atom. The van der Waals surface area contributed by atoms with Crippen molar-refractivity contribution in [1.82, 2.24) is 30.0 Å². The fraction of sp³-hybridized carbons (Fsp3) is 0.300. The number of nitrogens with one attached hydrogen (secondary N) is 2. The molecular weight excluding hydrogens is 694 g/mol. The molecule has 2 aromatic carbocycles. The van der Waals surface area contributed by atoms with Crippen molar-refractivity contribution in [2.75, 3.05) is 11.9 Å². The molecule has 3 amide bonds. The number of imide groups is 1. The number of benzene rings is 2. The Labute approximate surface area is 309 Å². The molecule has 3 aliphatic rings. The van der Waals surface area contributed by atoms with E-state index in [1.807, 2.05) is 43.5 Å². The number of ether oxygens (including phenoxy) is 1. The Balaban J connectivity index is 0.901. The van der Waals surface area contributed by atoms with Gasteiger partial charge in [0.2, 0.25) is 11.8 Å². The summed E-state index contributed by atoms with van der Waals surface area (Å²) in [4.78, 5) is 44.2. The van der Waals surface area contributed by atoms with Crippen LogP contribution in [0.15, 0.2) is 60.8 Å². The molecule has 1 fully saturated rings. The number of piperidine rings is 1. The number of halogens is 1. The Morgan fingerprint density at radius 3 is 2.72 bits per heavy atom. The monoisotopic (exact) mass is 729 g/mol. The Hall–Kier alpha value is -5.71. The topological polar surface area (TPSA) is 131 Å². The van der Waals surface area contributed by atoms with Crippen LogP contribution in [0.5, 0.6) is 0 Å². The van der Waals surface area contributed by atoms with Crippen molar-refractivity contribution in [3.63, 3.8) is 0 Å². The lowest BCUT2D eigenvalue weighted by Gasteiger charge is -2.29. The van der Waals surface area contributed by atoms with Gasteiger partial charge in [-0.1, -0.05) is 42.2 Å². The normalized spacial score (nSPS) is 16.3. The number of aromatic nitrogens is 4. The molecule has 8 rings (SSSR count). The fourth-order valence-corrected chi connectivity index (χ4v) is 8.37. The molecule has 268 valence electrons. The molecular formula is C40H36FN7O4S. The Bertz CT molecular complexity index is 2290. The molecule has 0 bridgehead atoms. The van der Waals surface area contributed by atoms with Crippen LogP contribution in [0.2, 0.25) is 0 Å². The quantitative estimate of drug-likeness (QED) is 0.117. The highest BCUT2D eigenvalue weighted by atomic mass is 32.1. The van der Waals surface area contributed by atoms with Crippen LogP contribution in [0.1, 0.15) is 86.1 Å². The second kappa shape index (κ2) is 14.7. The number of fused-ring (bicyclic) bond motifs is 4. The van der Waals surface area contributed by atoms with E-state index in [0.29, 0.717) is 31.0 Å². The third-order valence-corrected chi connectivity index (χ3v) is 11.0. The minimum atomic E-state index is -0.750. The number of aryl methyl sites for hydroxylation is 2. The standard InChI is InChI=1S/C40H36FN7O4S/c1-24-45-46-36-23-52-22-32-29(17-25-7-3-2-4-8-25)35(53-40(32)48(24)36)14-11-26-10-12-28(43-20-26)9-5-6-16-42-33-19-27(41)18-30-31(33)21-47(39(30)51)34-13-15-37(49)44-38(34)50/h2-4,7-8,10,12,18-20,34,42H,5-6,9,13,15-17,21-23H2,1H3,(H,44,49,50). The van der Waals surface area contributed by atoms with Crippen LogP contribution < -0.4 is 10.6 Å². The van der Waals surface area contributed by atoms with E-state index < -0.39 is 23.7 Å². The van der Waals surface area contributed by atoms with Gasteiger partial charge in [0.1, 0.15) is 29.3 Å². The summed E-state index contributed by atoms with van der Waals surface area (Å²) in [7, 11) is 0. The molecule has 11 nitrogen and oxygen atoms in total. The SMILES string of the molecule is Cc1nnc2n1-c1sc(C#Cc3ccc(CCCCNc4cc(F)cc5c4CN(C4CCC(=O)NC4=O)C5=O)nc3)c(Cc3ccccc3)c1COC2. The summed E-state index contributed by atoms with van der Waals surface area (Å²) in [5.74, 6) is 6.62. The summed E-state index contributed by atoms with van der Waals surface area (Å²) >= 11 is 1.64. The summed E-state index contributed by atoms with van der Waals surface area (Å²) in [5, 5.41) is 15.3. The van der Waals surface area contributed by atoms with E-state index >= 15 is 0 Å². The molecule has 0 saturated carbocycles. The van der Waals surface area contributed by atoms with Gasteiger partial charge in [-0.15, -0.1) is 21.5 Å². The predicted octanol–water partition coefficient (Wildman–Crippen LogP) is 5.39. The fourth-order valence-electron chi connectivity index (χ4n) is 7.12. The summed E-state index contributed by atoms with van der Waals surface area (Å²) in [6.45, 7) is 3.60. The average Bonchev–Trinajstić information content (AvgIpc) is 3.75. The number of hydrogen-bond acceptors (Lipinski definition) is 9. The van der Waals surface area contributed by atoms with E-state index in [4.69, 9.17) is 4.74 Å². The highest BCUT2D eigenvalue weighted by molar-refractivity contribution is 7.15. The van der Waals surface area contributed by atoms with Crippen LogP contribution in [0.25, 0.3) is 5.00 Å². The van der Waals surface area contributed by atoms with Crippen molar-refractivity contribution in [2.45, 2.75) is 71.2 Å². The lowest BCUT2D eigenvalue weighted by Crippen LogP contribution is -2.52. The zero-order chi connectivity index (χ0) is 36.5. The molecule has 3 aromatic heterocycles. The lowest BCUT2D eigenvalue weighted by atomic mass is 10.0. The zero-order valence-corrected chi connectivity index (χ0v) is 29.9. The van der Waals surface area contributed by atoms with Crippen LogP contribution in [-0.4, -0.2) is 55.0 Å². The number of carbonyl (C=O) groups is 3. The van der Waals surface area contributed by atoms with Crippen LogP contribution in [0.4, 0.5) is 10.1 Å². The maximum Gasteiger partial charge on any atom is 0.255 e. The van der Waals surface area contributed by atoms with Crippen molar-refractivity contribution in [3.8, 4) is 16.8 Å². The smallest absolute Gasteiger partial charge is 0.255 e. The first-order chi connectivity index (χ1) is 25.8. The van der Waals surface area contributed by atoms with Crippen LogP contribution in [-0.2, 0) is 46.9 Å². The number of unbranched alkanes of at least 4 members (excludes halogenated alkanes) is 1. The van der Waals surface area contributed by atoms with E-state index in [1.165, 1.54) is 22.6 Å². The number of rotatable bonds is 9. The van der Waals surface area contributed by atoms with Gasteiger partial charge < -0.3 is 15.0 Å². The van der Waals surface area contributed by atoms with Gasteiger partial charge in [0, 0.05) is 59.3 Å². The lowest BCUT2D eigenvalue weighted by molar-refractivity contribution is -0.136. The van der Waals surface area contributed by atoms with Gasteiger partial charge in [-0.25, -0.2) is 4.39 Å². The molecule has 1 saturated heterocycles. The molecule has 0 radical (unpaired) electrons. The van der Waals surface area contributed by atoms with E-state index in [9.17, 15) is 18.8 Å². The first-order valence-corrected chi connectivity index (χ1v) is 18.5. The summed E-state index contributed by atoms with van der Waals surface area (Å²) in [5.41, 5.74) is 6.71. The minimum absolute atomic E-state index is 0.163. The maximum atomic E-state index is 14.5. The van der Waals surface area contributed by atoms with E-state index in [0.717, 1.165) is 69.6 Å². The molecule has 5 aromatic rings. The molecule has 53 heavy (non-hydrogen) atoms. The van der Waals surface area contributed by atoms with Crippen molar-refractivity contribution in [1.29, 1.82) is 0 Å². The van der Waals surface area contributed by atoms with Gasteiger partial charge >= 0.3 is 0 Å². The van der Waals surface area contributed by atoms with E-state index in [1.54, 1.807) is 11.3 Å². The Morgan fingerprint density at radius 1 is 1.04 bits per heavy atom. The van der Waals surface area contributed by atoms with E-state index in [-0.39, 0.29) is 30.9 Å². The molecule has 13 heteroatoms. The van der Waals surface area contributed by atoms with Gasteiger partial charge in [-0.3, -0.25) is 29.3 Å². The van der Waals surface area contributed by atoms with Gasteiger partial charge in [-0.2, -0.15) is 0 Å². The number of hydrogen-bond donors (Lipinski definition) is 2. The van der Waals surface area contributed by atoms with Crippen LogP contribution in [0.3, 0.4) is 0 Å². The summed E-state index contributed by atoms with van der Waals surface area (Å²) < 4.78 is 22.7. The first kappa shape index (κ1) is 34.4. The van der Waals surface area contributed by atoms with Crippen molar-refractivity contribution < 1.29 is 23.5 Å². The highest BCUT2D eigenvalue weighted by Crippen LogP contribution is 2.37. The highest BCUT2D eigenvalue weighted by Gasteiger charge is 2.40. The van der Waals surface area contributed by atoms with E-state index in [2.05, 4.69) is 54.4 Å². The third-order valence-electron chi connectivity index (χ3n) is 9.83. The van der Waals surface area contributed by atoms with Gasteiger partial charge in [0.15, 0.2) is 5.82 Å². The number of nitrogens with zero attached hydrogens (tertiary/aromatic N) is 5. The second-order valence-electron chi connectivity index (χ2n) is 13.4. The average molecular weight is 730 g/mol. The third kappa shape index (κ3) is 7.07. The van der Waals surface area contributed by atoms with Crippen molar-refractivity contribution in [2.24, 2.45) is 0 Å². The molecule has 1 atom stereocenters. The predicted molar refractivity (Wildman–Crippen MR) is 196 cm³/mol. The molecule has 3 aliphatic heterocycles. The number of pyridine rings is 1. The second-order valence-corrected chi connectivity index (χ2v) is 14.4. The summed E-state index contributed by atoms with van der Waals surface area (Å²) in [6.07, 6.45) is 5.37. The minimum Gasteiger partial charge on any atom is -0.385 e. The van der Waals surface area contributed by atoms with Crippen molar-refractivity contribution >= 4 is 34.7 Å². The molecule has 0 aliphatic carbocycles. The van der Waals surface area contributed by atoms with Crippen LogP contribution >= 0.6 is 11.3 Å². The molecule has 1 unspecified atom stereocenters. The zero-order valence-electron chi connectivity index (χ0n) is 29.1. The van der Waals surface area contributed by atoms with Gasteiger partial charge in [0.05, 0.1) is 11.5 Å². The van der Waals surface area contributed by atoms with Gasteiger partial charge in [0.25, 0.3) is 5.91 Å². The maximum absolute atomic E-state index is 14.5. The number of carbonyl (C=O) groups excluding carboxylic acids is 3. The summed E-state index contributed by atoms with van der Waals surface area (Å²) in [6, 6.07) is 16.2. The molecule has 6 heterocycles. The molecule has 0 spiro atoms. The Kier molecular flexibility index (Phi) is 9.55. The number of anilines is 1. The first-order valence-electron chi connectivity index (χ1n) is 17.7. The number of thiophene rings is 1. The largest absolute Gasteiger partial charge is 0.385 e. The van der Waals surface area contributed by atoms with Crippen LogP contribution in [0, 0.1) is 24.6 Å². The van der Waals surface area contributed by atoms with Gasteiger partial charge in [-0.05, 0) is 74.4 Å². The number of amides is 3. The molecule has 2 N–H and O–H groups in total.